The Balaban J connectivity index is 1.97. The second-order valence-electron chi connectivity index (χ2n) is 5.76. The second-order valence-corrected chi connectivity index (χ2v) is 5.76. The van der Waals surface area contributed by atoms with Crippen molar-refractivity contribution < 1.29 is 28.5 Å². The number of anilines is 1. The molecule has 4 rings (SSSR count). The van der Waals surface area contributed by atoms with Crippen LogP contribution in [0.4, 0.5) is 5.69 Å². The van der Waals surface area contributed by atoms with Crippen LogP contribution in [0.1, 0.15) is 0 Å². The lowest BCUT2D eigenvalue weighted by molar-refractivity contribution is -0.139. The lowest BCUT2D eigenvalue weighted by atomic mass is 10.1. The van der Waals surface area contributed by atoms with Gasteiger partial charge in [-0.2, -0.15) is 4.68 Å². The maximum Gasteiger partial charge on any atom is 0.355 e. The molecule has 0 saturated heterocycles. The van der Waals surface area contributed by atoms with Gasteiger partial charge in [0.2, 0.25) is 6.79 Å². The van der Waals surface area contributed by atoms with Crippen molar-refractivity contribution in [2.45, 2.75) is 0 Å². The van der Waals surface area contributed by atoms with Crippen LogP contribution in [-0.2, 0) is 19.1 Å². The lowest BCUT2D eigenvalue weighted by Crippen LogP contribution is -2.27. The van der Waals surface area contributed by atoms with Crippen molar-refractivity contribution >= 4 is 17.6 Å². The first kappa shape index (κ1) is 18.2. The molecule has 3 heterocycles. The van der Waals surface area contributed by atoms with Gasteiger partial charge in [-0.15, -0.1) is 5.10 Å². The number of hydrogen-bond donors (Lipinski definition) is 0. The molecule has 0 radical (unpaired) electrons. The van der Waals surface area contributed by atoms with Crippen LogP contribution < -0.4 is 14.4 Å². The molecular formula is C18H15N5O6. The van der Waals surface area contributed by atoms with Crippen molar-refractivity contribution in [2.24, 2.45) is 0 Å². The van der Waals surface area contributed by atoms with Gasteiger partial charge in [-0.3, -0.25) is 0 Å². The number of benzene rings is 1. The number of aromatic nitrogens is 4. The number of methoxy groups -OCH3 is 2. The van der Waals surface area contributed by atoms with Gasteiger partial charge < -0.3 is 23.8 Å². The van der Waals surface area contributed by atoms with E-state index >= 15 is 0 Å². The van der Waals surface area contributed by atoms with Crippen LogP contribution in [0, 0.1) is 0 Å². The highest BCUT2D eigenvalue weighted by Gasteiger charge is 2.31. The molecule has 148 valence electrons. The molecule has 0 saturated carbocycles. The van der Waals surface area contributed by atoms with Gasteiger partial charge in [0.1, 0.15) is 12.0 Å². The van der Waals surface area contributed by atoms with Crippen molar-refractivity contribution in [1.29, 1.82) is 0 Å². The highest BCUT2D eigenvalue weighted by atomic mass is 16.7. The first-order valence-corrected chi connectivity index (χ1v) is 8.36. The summed E-state index contributed by atoms with van der Waals surface area (Å²) in [4.78, 5) is 26.5. The number of carbonyl (C=O) groups excluding carboxylic acids is 2. The number of esters is 2. The summed E-state index contributed by atoms with van der Waals surface area (Å²) in [6.45, 7) is 0.0539. The molecule has 11 heteroatoms. The zero-order valence-electron chi connectivity index (χ0n) is 15.4. The molecule has 0 fully saturated rings. The van der Waals surface area contributed by atoms with Crippen molar-refractivity contribution in [1.82, 2.24) is 20.2 Å². The van der Waals surface area contributed by atoms with Gasteiger partial charge in [0.15, 0.2) is 11.5 Å². The minimum atomic E-state index is -0.734. The summed E-state index contributed by atoms with van der Waals surface area (Å²) < 4.78 is 22.1. The smallest absolute Gasteiger partial charge is 0.355 e. The first-order valence-electron chi connectivity index (χ1n) is 8.36. The lowest BCUT2D eigenvalue weighted by Gasteiger charge is -2.25. The van der Waals surface area contributed by atoms with Gasteiger partial charge in [-0.1, -0.05) is 6.08 Å². The SMILES string of the molecule is COC(=O)C1=C(C(=O)OC)N(c2cc3c(cc2-n2cnnn2)OCO3)C=CC=C1. The van der Waals surface area contributed by atoms with Crippen LogP contribution in [0.15, 0.2) is 54.2 Å². The Labute approximate surface area is 164 Å². The minimum absolute atomic E-state index is 0.0182. The number of hydrogen-bond acceptors (Lipinski definition) is 10. The summed E-state index contributed by atoms with van der Waals surface area (Å²) in [5, 5.41) is 11.2. The molecule has 2 aliphatic heterocycles. The standard InChI is InChI=1S/C18H15N5O6/c1-26-17(24)11-5-3-4-6-22(16(11)18(25)27-2)12-7-14-15(29-10-28-14)8-13(12)23-9-19-20-21-23/h3-9H,10H2,1-2H3. The minimum Gasteiger partial charge on any atom is -0.465 e. The van der Waals surface area contributed by atoms with Crippen molar-refractivity contribution in [2.75, 3.05) is 25.9 Å². The molecule has 2 aromatic rings. The molecule has 11 nitrogen and oxygen atoms in total. The largest absolute Gasteiger partial charge is 0.465 e. The summed E-state index contributed by atoms with van der Waals surface area (Å²) in [5.74, 6) is -0.471. The molecule has 0 atom stereocenters. The Hall–Kier alpha value is -4.15. The van der Waals surface area contributed by atoms with Gasteiger partial charge in [0, 0.05) is 18.3 Å². The van der Waals surface area contributed by atoms with Crippen LogP contribution in [0.5, 0.6) is 11.5 Å². The summed E-state index contributed by atoms with van der Waals surface area (Å²) in [5.41, 5.74) is 0.905. The quantitative estimate of drug-likeness (QED) is 0.688. The van der Waals surface area contributed by atoms with Crippen LogP contribution in [0.2, 0.25) is 0 Å². The van der Waals surface area contributed by atoms with Crippen LogP contribution in [-0.4, -0.2) is 53.2 Å². The number of tetrazole rings is 1. The first-order chi connectivity index (χ1) is 14.1. The van der Waals surface area contributed by atoms with E-state index in [4.69, 9.17) is 18.9 Å². The zero-order valence-corrected chi connectivity index (χ0v) is 15.4. The van der Waals surface area contributed by atoms with Gasteiger partial charge in [-0.05, 0) is 22.6 Å². The van der Waals surface area contributed by atoms with E-state index in [9.17, 15) is 9.59 Å². The van der Waals surface area contributed by atoms with E-state index in [2.05, 4.69) is 15.5 Å². The summed E-state index contributed by atoms with van der Waals surface area (Å²) in [6.07, 6.45) is 7.73. The molecule has 0 unspecified atom stereocenters. The molecule has 0 spiro atoms. The molecule has 2 aliphatic rings. The summed E-state index contributed by atoms with van der Waals surface area (Å²) in [6, 6.07) is 3.33. The number of carbonyl (C=O) groups is 2. The average Bonchev–Trinajstić information content (AvgIpc) is 3.39. The van der Waals surface area contributed by atoms with Crippen LogP contribution >= 0.6 is 0 Å². The maximum absolute atomic E-state index is 12.7. The normalized spacial score (nSPS) is 14.8. The van der Waals surface area contributed by atoms with E-state index in [1.807, 2.05) is 0 Å². The molecule has 1 aromatic heterocycles. The van der Waals surface area contributed by atoms with Crippen LogP contribution in [0.3, 0.4) is 0 Å². The molecule has 1 aromatic carbocycles. The summed E-state index contributed by atoms with van der Waals surface area (Å²) in [7, 11) is 2.45. The number of ether oxygens (including phenoxy) is 4. The average molecular weight is 397 g/mol. The number of fused-ring (bicyclic) bond motifs is 1. The number of nitrogens with zero attached hydrogens (tertiary/aromatic N) is 5. The fourth-order valence-electron chi connectivity index (χ4n) is 2.92. The van der Waals surface area contributed by atoms with E-state index < -0.39 is 11.9 Å². The van der Waals surface area contributed by atoms with E-state index in [0.717, 1.165) is 0 Å². The predicted molar refractivity (Wildman–Crippen MR) is 97.1 cm³/mol. The second kappa shape index (κ2) is 7.46. The van der Waals surface area contributed by atoms with E-state index in [0.29, 0.717) is 22.9 Å². The summed E-state index contributed by atoms with van der Waals surface area (Å²) >= 11 is 0. The third-order valence-electron chi connectivity index (χ3n) is 4.21. The van der Waals surface area contributed by atoms with Crippen molar-refractivity contribution in [3.8, 4) is 17.2 Å². The van der Waals surface area contributed by atoms with Gasteiger partial charge in [0.05, 0.1) is 31.2 Å². The molecule has 0 N–H and O–H groups in total. The molecular weight excluding hydrogens is 382 g/mol. The molecule has 0 aliphatic carbocycles. The fraction of sp³-hybridized carbons (Fsp3) is 0.167. The maximum atomic E-state index is 12.7. The van der Waals surface area contributed by atoms with Crippen molar-refractivity contribution in [3.05, 3.63) is 54.2 Å². The highest BCUT2D eigenvalue weighted by Crippen LogP contribution is 2.41. The zero-order chi connectivity index (χ0) is 20.4. The monoisotopic (exact) mass is 397 g/mol. The third-order valence-corrected chi connectivity index (χ3v) is 4.21. The van der Waals surface area contributed by atoms with Gasteiger partial charge in [-0.25, -0.2) is 9.59 Å². The molecule has 0 amide bonds. The Morgan fingerprint density at radius 1 is 1.03 bits per heavy atom. The van der Waals surface area contributed by atoms with E-state index in [-0.39, 0.29) is 18.1 Å². The molecule has 0 bridgehead atoms. The highest BCUT2D eigenvalue weighted by molar-refractivity contribution is 6.05. The Bertz CT molecular complexity index is 1060. The van der Waals surface area contributed by atoms with Gasteiger partial charge >= 0.3 is 11.9 Å². The number of allylic oxidation sites excluding steroid dienone is 2. The Morgan fingerprint density at radius 3 is 2.41 bits per heavy atom. The van der Waals surface area contributed by atoms with E-state index in [1.165, 1.54) is 36.2 Å². The fourth-order valence-corrected chi connectivity index (χ4v) is 2.92. The Kier molecular flexibility index (Phi) is 4.69. The molecule has 29 heavy (non-hydrogen) atoms. The van der Waals surface area contributed by atoms with Crippen molar-refractivity contribution in [3.63, 3.8) is 0 Å². The van der Waals surface area contributed by atoms with Gasteiger partial charge in [0.25, 0.3) is 0 Å². The van der Waals surface area contributed by atoms with Crippen LogP contribution in [0.25, 0.3) is 5.69 Å². The number of rotatable bonds is 4. The predicted octanol–water partition coefficient (Wildman–Crippen LogP) is 0.881. The third kappa shape index (κ3) is 3.18. The topological polar surface area (TPSA) is 118 Å². The van der Waals surface area contributed by atoms with E-state index in [1.54, 1.807) is 30.5 Å². The Morgan fingerprint density at radius 2 is 1.76 bits per heavy atom.